The molecule has 7 nitrogen and oxygen atoms in total. The molecular formula is C20H20N4O3. The lowest BCUT2D eigenvalue weighted by atomic mass is 9.99. The average Bonchev–Trinajstić information content (AvgIpc) is 2.68. The molecule has 1 amide bonds. The summed E-state index contributed by atoms with van der Waals surface area (Å²) < 4.78 is 5.22. The van der Waals surface area contributed by atoms with Crippen LogP contribution in [0.15, 0.2) is 51.9 Å². The average molecular weight is 364 g/mol. The van der Waals surface area contributed by atoms with E-state index in [4.69, 9.17) is 4.42 Å². The first-order chi connectivity index (χ1) is 13.1. The van der Waals surface area contributed by atoms with Crippen LogP contribution in [-0.2, 0) is 0 Å². The Balaban J connectivity index is 1.56. The van der Waals surface area contributed by atoms with Gasteiger partial charge in [-0.25, -0.2) is 14.8 Å². The molecule has 3 aromatic rings. The number of piperidine rings is 1. The third-order valence-corrected chi connectivity index (χ3v) is 4.89. The van der Waals surface area contributed by atoms with E-state index < -0.39 is 11.5 Å². The zero-order valence-electron chi connectivity index (χ0n) is 15.0. The molecule has 0 atom stereocenters. The zero-order valence-corrected chi connectivity index (χ0v) is 15.0. The van der Waals surface area contributed by atoms with Crippen LogP contribution in [-0.4, -0.2) is 29.0 Å². The van der Waals surface area contributed by atoms with Crippen molar-refractivity contribution < 1.29 is 9.21 Å². The summed E-state index contributed by atoms with van der Waals surface area (Å²) in [5.41, 5.74) is -0.283. The van der Waals surface area contributed by atoms with E-state index in [9.17, 15) is 9.59 Å². The second-order valence-corrected chi connectivity index (χ2v) is 6.87. The standard InChI is InChI=1S/C20H20N4O3/c1-13-6-8-24(9-7-13)18-11-17(21-12-22-18)23-19(25)15-10-14-4-2-3-5-16(14)27-20(15)26/h2-5,10-13H,6-9H2,1H3,(H,21,22,23,25). The minimum Gasteiger partial charge on any atom is -0.422 e. The summed E-state index contributed by atoms with van der Waals surface area (Å²) in [4.78, 5) is 35.3. The van der Waals surface area contributed by atoms with Crippen molar-refractivity contribution in [3.8, 4) is 0 Å². The van der Waals surface area contributed by atoms with Crippen LogP contribution >= 0.6 is 0 Å². The molecule has 1 saturated heterocycles. The number of para-hydroxylation sites is 1. The van der Waals surface area contributed by atoms with Gasteiger partial charge in [0.25, 0.3) is 5.91 Å². The van der Waals surface area contributed by atoms with E-state index in [1.165, 1.54) is 12.4 Å². The summed E-state index contributed by atoms with van der Waals surface area (Å²) in [5, 5.41) is 3.36. The number of hydrogen-bond donors (Lipinski definition) is 1. The number of anilines is 2. The molecular weight excluding hydrogens is 344 g/mol. The van der Waals surface area contributed by atoms with Crippen molar-refractivity contribution in [3.63, 3.8) is 0 Å². The normalized spacial score (nSPS) is 15.1. The third-order valence-electron chi connectivity index (χ3n) is 4.89. The van der Waals surface area contributed by atoms with Crippen LogP contribution in [0.5, 0.6) is 0 Å². The summed E-state index contributed by atoms with van der Waals surface area (Å²) in [7, 11) is 0. The van der Waals surface area contributed by atoms with Gasteiger partial charge in [-0.3, -0.25) is 4.79 Å². The third kappa shape index (κ3) is 3.67. The quantitative estimate of drug-likeness (QED) is 0.719. The molecule has 138 valence electrons. The van der Waals surface area contributed by atoms with Crippen molar-refractivity contribution in [2.24, 2.45) is 5.92 Å². The smallest absolute Gasteiger partial charge is 0.349 e. The topological polar surface area (TPSA) is 88.3 Å². The van der Waals surface area contributed by atoms with Crippen molar-refractivity contribution in [3.05, 3.63) is 58.7 Å². The molecule has 0 spiro atoms. The minimum absolute atomic E-state index is 0.0549. The molecule has 0 radical (unpaired) electrons. The fourth-order valence-electron chi connectivity index (χ4n) is 3.23. The van der Waals surface area contributed by atoms with Crippen molar-refractivity contribution in [2.45, 2.75) is 19.8 Å². The molecule has 1 aliphatic heterocycles. The number of rotatable bonds is 3. The lowest BCUT2D eigenvalue weighted by molar-refractivity contribution is 0.102. The predicted octanol–water partition coefficient (Wildman–Crippen LogP) is 3.07. The van der Waals surface area contributed by atoms with Crippen molar-refractivity contribution in [1.82, 2.24) is 9.97 Å². The van der Waals surface area contributed by atoms with Gasteiger partial charge in [-0.05, 0) is 30.9 Å². The second-order valence-electron chi connectivity index (χ2n) is 6.87. The van der Waals surface area contributed by atoms with Gasteiger partial charge >= 0.3 is 5.63 Å². The van der Waals surface area contributed by atoms with E-state index in [1.807, 2.05) is 6.07 Å². The Kier molecular flexibility index (Phi) is 4.58. The molecule has 1 aromatic carbocycles. The van der Waals surface area contributed by atoms with Crippen LogP contribution in [0.25, 0.3) is 11.0 Å². The van der Waals surface area contributed by atoms with Crippen LogP contribution in [0.3, 0.4) is 0 Å². The highest BCUT2D eigenvalue weighted by atomic mass is 16.4. The van der Waals surface area contributed by atoms with Crippen molar-refractivity contribution in [2.75, 3.05) is 23.3 Å². The summed E-state index contributed by atoms with van der Waals surface area (Å²) in [6.45, 7) is 4.11. The maximum atomic E-state index is 12.6. The monoisotopic (exact) mass is 364 g/mol. The van der Waals surface area contributed by atoms with Gasteiger partial charge in [-0.2, -0.15) is 0 Å². The SMILES string of the molecule is CC1CCN(c2cc(NC(=O)c3cc4ccccc4oc3=O)ncn2)CC1. The number of hydrogen-bond acceptors (Lipinski definition) is 6. The molecule has 3 heterocycles. The molecule has 1 aliphatic rings. The molecule has 2 aromatic heterocycles. The fraction of sp³-hybridized carbons (Fsp3) is 0.300. The highest BCUT2D eigenvalue weighted by Gasteiger charge is 2.19. The lowest BCUT2D eigenvalue weighted by Gasteiger charge is -2.31. The summed E-state index contributed by atoms with van der Waals surface area (Å²) in [5.74, 6) is 1.30. The molecule has 1 N–H and O–H groups in total. The summed E-state index contributed by atoms with van der Waals surface area (Å²) in [6, 6.07) is 10.3. The van der Waals surface area contributed by atoms with Gasteiger partial charge in [-0.15, -0.1) is 0 Å². The Labute approximate surface area is 156 Å². The Morgan fingerprint density at radius 2 is 1.96 bits per heavy atom. The Hall–Kier alpha value is -3.22. The predicted molar refractivity (Wildman–Crippen MR) is 103 cm³/mol. The largest absolute Gasteiger partial charge is 0.422 e. The first-order valence-electron chi connectivity index (χ1n) is 9.01. The van der Waals surface area contributed by atoms with Crippen LogP contribution in [0, 0.1) is 5.92 Å². The first-order valence-corrected chi connectivity index (χ1v) is 9.01. The van der Waals surface area contributed by atoms with Crippen molar-refractivity contribution >= 4 is 28.5 Å². The maximum absolute atomic E-state index is 12.6. The van der Waals surface area contributed by atoms with E-state index in [1.54, 1.807) is 24.3 Å². The Morgan fingerprint density at radius 3 is 2.78 bits per heavy atom. The van der Waals surface area contributed by atoms with Crippen LogP contribution in [0.2, 0.25) is 0 Å². The molecule has 1 fully saturated rings. The van der Waals surface area contributed by atoms with E-state index in [0.29, 0.717) is 16.8 Å². The van der Waals surface area contributed by atoms with Crippen LogP contribution < -0.4 is 15.8 Å². The second kappa shape index (κ2) is 7.19. The van der Waals surface area contributed by atoms with Gasteiger partial charge in [0, 0.05) is 24.5 Å². The van der Waals surface area contributed by atoms with E-state index >= 15 is 0 Å². The Bertz CT molecular complexity index is 1040. The highest BCUT2D eigenvalue weighted by molar-refractivity contribution is 6.05. The number of carbonyl (C=O) groups is 1. The number of amides is 1. The minimum atomic E-state index is -0.675. The first kappa shape index (κ1) is 17.2. The van der Waals surface area contributed by atoms with E-state index in [-0.39, 0.29) is 5.56 Å². The molecule has 0 saturated carbocycles. The van der Waals surface area contributed by atoms with Gasteiger partial charge in [-0.1, -0.05) is 25.1 Å². The number of carbonyl (C=O) groups excluding carboxylic acids is 1. The van der Waals surface area contributed by atoms with E-state index in [0.717, 1.165) is 37.7 Å². The fourth-order valence-corrected chi connectivity index (χ4v) is 3.23. The van der Waals surface area contributed by atoms with Gasteiger partial charge in [0.2, 0.25) is 0 Å². The number of nitrogens with one attached hydrogen (secondary N) is 1. The molecule has 0 bridgehead atoms. The summed E-state index contributed by atoms with van der Waals surface area (Å²) >= 11 is 0. The molecule has 27 heavy (non-hydrogen) atoms. The molecule has 0 unspecified atom stereocenters. The van der Waals surface area contributed by atoms with Gasteiger partial charge < -0.3 is 14.6 Å². The van der Waals surface area contributed by atoms with Crippen LogP contribution in [0.1, 0.15) is 30.1 Å². The lowest BCUT2D eigenvalue weighted by Crippen LogP contribution is -2.33. The maximum Gasteiger partial charge on any atom is 0.349 e. The molecule has 4 rings (SSSR count). The molecule has 7 heteroatoms. The van der Waals surface area contributed by atoms with Gasteiger partial charge in [0.1, 0.15) is 29.1 Å². The number of benzene rings is 1. The van der Waals surface area contributed by atoms with Crippen molar-refractivity contribution in [1.29, 1.82) is 0 Å². The van der Waals surface area contributed by atoms with Gasteiger partial charge in [0.15, 0.2) is 0 Å². The Morgan fingerprint density at radius 1 is 1.19 bits per heavy atom. The van der Waals surface area contributed by atoms with Crippen LogP contribution in [0.4, 0.5) is 11.6 Å². The van der Waals surface area contributed by atoms with Gasteiger partial charge in [0.05, 0.1) is 0 Å². The molecule has 0 aliphatic carbocycles. The highest BCUT2D eigenvalue weighted by Crippen LogP contribution is 2.22. The number of aromatic nitrogens is 2. The summed E-state index contributed by atoms with van der Waals surface area (Å²) in [6.07, 6.45) is 3.65. The number of fused-ring (bicyclic) bond motifs is 1. The van der Waals surface area contributed by atoms with E-state index in [2.05, 4.69) is 27.1 Å². The number of nitrogens with zero attached hydrogens (tertiary/aromatic N) is 3. The zero-order chi connectivity index (χ0) is 18.8.